The summed E-state index contributed by atoms with van der Waals surface area (Å²) in [6.07, 6.45) is 1.50. The van der Waals surface area contributed by atoms with E-state index in [9.17, 15) is 4.79 Å². The summed E-state index contributed by atoms with van der Waals surface area (Å²) in [4.78, 5) is 12.4. The lowest BCUT2D eigenvalue weighted by molar-refractivity contribution is 0.0934. The zero-order valence-corrected chi connectivity index (χ0v) is 14.3. The summed E-state index contributed by atoms with van der Waals surface area (Å²) in [6, 6.07) is 5.33. The van der Waals surface area contributed by atoms with Crippen molar-refractivity contribution in [1.82, 2.24) is 20.8 Å². The first kappa shape index (κ1) is 16.3. The number of hydrogen-bond donors (Lipinski definition) is 3. The molecule has 3 N–H and O–H groups in total. The maximum Gasteiger partial charge on any atom is 0.272 e. The van der Waals surface area contributed by atoms with Crippen LogP contribution in [0, 0.1) is 0 Å². The monoisotopic (exact) mass is 352 g/mol. The lowest BCUT2D eigenvalue weighted by Gasteiger charge is -2.16. The number of hydrogen-bond acceptors (Lipinski definition) is 3. The molecule has 1 atom stereocenters. The third-order valence-corrected chi connectivity index (χ3v) is 4.53. The average molecular weight is 353 g/mol. The van der Waals surface area contributed by atoms with Gasteiger partial charge >= 0.3 is 0 Å². The Hall–Kier alpha value is -1.56. The van der Waals surface area contributed by atoms with Crippen LogP contribution in [0.1, 0.15) is 34.2 Å². The van der Waals surface area contributed by atoms with Crippen molar-refractivity contribution >= 4 is 29.1 Å². The molecular formula is C16H18Cl2N4O. The minimum Gasteiger partial charge on any atom is -0.348 e. The fourth-order valence-corrected chi connectivity index (χ4v) is 3.26. The third kappa shape index (κ3) is 3.68. The van der Waals surface area contributed by atoms with E-state index in [1.54, 1.807) is 12.1 Å². The summed E-state index contributed by atoms with van der Waals surface area (Å²) in [6.45, 7) is 3.52. The number of carbonyl (C=O) groups excluding carboxylic acids is 1. The van der Waals surface area contributed by atoms with Gasteiger partial charge in [-0.25, -0.2) is 0 Å². The SMILES string of the molecule is CC(Cc1ccc(Cl)cc1Cl)NC(=O)c1n[nH]c2c1CNCC2. The van der Waals surface area contributed by atoms with E-state index in [1.807, 2.05) is 13.0 Å². The zero-order chi connectivity index (χ0) is 16.4. The van der Waals surface area contributed by atoms with Crippen molar-refractivity contribution in [3.05, 3.63) is 50.8 Å². The van der Waals surface area contributed by atoms with E-state index >= 15 is 0 Å². The minimum absolute atomic E-state index is 0.0647. The molecule has 1 aliphatic rings. The van der Waals surface area contributed by atoms with Gasteiger partial charge in [0.05, 0.1) is 0 Å². The van der Waals surface area contributed by atoms with Crippen LogP contribution < -0.4 is 10.6 Å². The summed E-state index contributed by atoms with van der Waals surface area (Å²) in [5.74, 6) is -0.163. The highest BCUT2D eigenvalue weighted by Crippen LogP contribution is 2.22. The van der Waals surface area contributed by atoms with Crippen molar-refractivity contribution < 1.29 is 4.79 Å². The number of H-pyrrole nitrogens is 1. The Labute approximate surface area is 144 Å². The molecule has 0 radical (unpaired) electrons. The number of carbonyl (C=O) groups is 1. The van der Waals surface area contributed by atoms with Crippen LogP contribution >= 0.6 is 23.2 Å². The molecule has 3 rings (SSSR count). The molecule has 23 heavy (non-hydrogen) atoms. The Morgan fingerprint density at radius 2 is 2.26 bits per heavy atom. The van der Waals surface area contributed by atoms with Gasteiger partial charge in [-0.05, 0) is 31.0 Å². The standard InChI is InChI=1S/C16H18Cl2N4O/c1-9(6-10-2-3-11(17)7-13(10)18)20-16(23)15-12-8-19-5-4-14(12)21-22-15/h2-3,7,9,19H,4-6,8H2,1H3,(H,20,23)(H,21,22). The minimum atomic E-state index is -0.163. The van der Waals surface area contributed by atoms with E-state index in [2.05, 4.69) is 20.8 Å². The molecule has 5 nitrogen and oxygen atoms in total. The molecule has 0 aliphatic carbocycles. The molecular weight excluding hydrogens is 335 g/mol. The molecule has 0 saturated heterocycles. The van der Waals surface area contributed by atoms with Crippen LogP contribution in [0.3, 0.4) is 0 Å². The van der Waals surface area contributed by atoms with Crippen molar-refractivity contribution in [2.75, 3.05) is 6.54 Å². The second kappa shape index (κ2) is 6.91. The molecule has 0 fully saturated rings. The van der Waals surface area contributed by atoms with Crippen molar-refractivity contribution in [3.8, 4) is 0 Å². The third-order valence-electron chi connectivity index (χ3n) is 3.94. The van der Waals surface area contributed by atoms with Gasteiger partial charge in [-0.15, -0.1) is 0 Å². The van der Waals surface area contributed by atoms with Crippen LogP contribution in [0.2, 0.25) is 10.0 Å². The molecule has 0 saturated carbocycles. The fourth-order valence-electron chi connectivity index (χ4n) is 2.77. The van der Waals surface area contributed by atoms with Crippen molar-refractivity contribution in [3.63, 3.8) is 0 Å². The van der Waals surface area contributed by atoms with Crippen LogP contribution in [0.15, 0.2) is 18.2 Å². The number of benzene rings is 1. The van der Waals surface area contributed by atoms with E-state index in [1.165, 1.54) is 0 Å². The van der Waals surface area contributed by atoms with Crippen LogP contribution in [-0.4, -0.2) is 28.7 Å². The quantitative estimate of drug-likeness (QED) is 0.792. The van der Waals surface area contributed by atoms with Gasteiger partial charge in [0.25, 0.3) is 5.91 Å². The molecule has 122 valence electrons. The summed E-state index contributed by atoms with van der Waals surface area (Å²) in [5, 5.41) is 14.6. The van der Waals surface area contributed by atoms with Gasteiger partial charge in [0.2, 0.25) is 0 Å². The number of nitrogens with zero attached hydrogens (tertiary/aromatic N) is 1. The molecule has 2 heterocycles. The highest BCUT2D eigenvalue weighted by Gasteiger charge is 2.22. The van der Waals surface area contributed by atoms with E-state index in [4.69, 9.17) is 23.2 Å². The molecule has 1 amide bonds. The number of aromatic nitrogens is 2. The van der Waals surface area contributed by atoms with Gasteiger partial charge in [-0.3, -0.25) is 9.89 Å². The number of nitrogens with one attached hydrogen (secondary N) is 3. The van der Waals surface area contributed by atoms with Crippen LogP contribution in [-0.2, 0) is 19.4 Å². The van der Waals surface area contributed by atoms with Crippen LogP contribution in [0.4, 0.5) is 0 Å². The van der Waals surface area contributed by atoms with E-state index in [-0.39, 0.29) is 11.9 Å². The molecule has 1 aliphatic heterocycles. The fraction of sp³-hybridized carbons (Fsp3) is 0.375. The lowest BCUT2D eigenvalue weighted by Crippen LogP contribution is -2.35. The summed E-state index contributed by atoms with van der Waals surface area (Å²) < 4.78 is 0. The summed E-state index contributed by atoms with van der Waals surface area (Å²) >= 11 is 12.1. The zero-order valence-electron chi connectivity index (χ0n) is 12.7. The van der Waals surface area contributed by atoms with E-state index in [0.29, 0.717) is 28.7 Å². The Balaban J connectivity index is 1.66. The topological polar surface area (TPSA) is 69.8 Å². The molecule has 0 bridgehead atoms. The van der Waals surface area contributed by atoms with Gasteiger partial charge in [-0.2, -0.15) is 5.10 Å². The van der Waals surface area contributed by atoms with Crippen LogP contribution in [0.5, 0.6) is 0 Å². The molecule has 7 heteroatoms. The molecule has 1 aromatic carbocycles. The maximum absolute atomic E-state index is 12.4. The molecule has 2 aromatic rings. The number of amides is 1. The highest BCUT2D eigenvalue weighted by atomic mass is 35.5. The predicted octanol–water partition coefficient (Wildman–Crippen LogP) is 2.72. The molecule has 1 unspecified atom stereocenters. The van der Waals surface area contributed by atoms with Gasteiger partial charge in [0.1, 0.15) is 0 Å². The molecule has 0 spiro atoms. The van der Waals surface area contributed by atoms with E-state index < -0.39 is 0 Å². The number of halogens is 2. The smallest absolute Gasteiger partial charge is 0.272 e. The average Bonchev–Trinajstić information content (AvgIpc) is 2.94. The second-order valence-electron chi connectivity index (χ2n) is 5.77. The Bertz CT molecular complexity index is 729. The largest absolute Gasteiger partial charge is 0.348 e. The Morgan fingerprint density at radius 3 is 3.04 bits per heavy atom. The summed E-state index contributed by atoms with van der Waals surface area (Å²) in [5.41, 5.74) is 3.43. The molecule has 1 aromatic heterocycles. The predicted molar refractivity (Wildman–Crippen MR) is 91.1 cm³/mol. The Kier molecular flexibility index (Phi) is 4.90. The first-order valence-electron chi connectivity index (χ1n) is 7.56. The number of aromatic amines is 1. The van der Waals surface area contributed by atoms with Crippen molar-refractivity contribution in [2.45, 2.75) is 32.4 Å². The normalized spacial score (nSPS) is 15.1. The number of rotatable bonds is 4. The van der Waals surface area contributed by atoms with Gasteiger partial charge in [-0.1, -0.05) is 29.3 Å². The lowest BCUT2D eigenvalue weighted by atomic mass is 10.1. The first-order chi connectivity index (χ1) is 11.0. The number of fused-ring (bicyclic) bond motifs is 1. The van der Waals surface area contributed by atoms with Gasteiger partial charge in [0, 0.05) is 46.9 Å². The van der Waals surface area contributed by atoms with Crippen LogP contribution in [0.25, 0.3) is 0 Å². The summed E-state index contributed by atoms with van der Waals surface area (Å²) in [7, 11) is 0. The second-order valence-corrected chi connectivity index (χ2v) is 6.61. The highest BCUT2D eigenvalue weighted by molar-refractivity contribution is 6.35. The van der Waals surface area contributed by atoms with E-state index in [0.717, 1.165) is 29.8 Å². The van der Waals surface area contributed by atoms with Crippen molar-refractivity contribution in [1.29, 1.82) is 0 Å². The first-order valence-corrected chi connectivity index (χ1v) is 8.32. The Morgan fingerprint density at radius 1 is 1.43 bits per heavy atom. The van der Waals surface area contributed by atoms with Crippen molar-refractivity contribution in [2.24, 2.45) is 0 Å². The van der Waals surface area contributed by atoms with Gasteiger partial charge in [0.15, 0.2) is 5.69 Å². The van der Waals surface area contributed by atoms with Gasteiger partial charge < -0.3 is 10.6 Å². The maximum atomic E-state index is 12.4.